The number of rotatable bonds is 4. The first kappa shape index (κ1) is 9.77. The highest BCUT2D eigenvalue weighted by Crippen LogP contribution is 2.41. The molecular weight excluding hydrogens is 224 g/mol. The molecule has 1 aliphatic rings. The van der Waals surface area contributed by atoms with Gasteiger partial charge in [-0.3, -0.25) is 0 Å². The quantitative estimate of drug-likeness (QED) is 0.882. The zero-order valence-corrected chi connectivity index (χ0v) is 9.75. The van der Waals surface area contributed by atoms with Crippen molar-refractivity contribution in [3.63, 3.8) is 0 Å². The molecule has 84 valence electrons. The minimum Gasteiger partial charge on any atom is -0.408 e. The van der Waals surface area contributed by atoms with Crippen molar-refractivity contribution in [1.29, 1.82) is 0 Å². The zero-order chi connectivity index (χ0) is 11.0. The number of anilines is 1. The lowest BCUT2D eigenvalue weighted by Crippen LogP contribution is -1.97. The van der Waals surface area contributed by atoms with Crippen molar-refractivity contribution in [3.05, 3.63) is 22.0 Å². The number of nitrogens with one attached hydrogen (secondary N) is 1. The van der Waals surface area contributed by atoms with Gasteiger partial charge in [-0.1, -0.05) is 5.10 Å². The van der Waals surface area contributed by atoms with Crippen LogP contribution in [-0.2, 0) is 6.54 Å². The molecule has 2 heterocycles. The van der Waals surface area contributed by atoms with Crippen LogP contribution in [0.15, 0.2) is 10.6 Å². The number of aromatic nitrogens is 3. The van der Waals surface area contributed by atoms with Gasteiger partial charge in [-0.15, -0.1) is 16.4 Å². The second-order valence-electron chi connectivity index (χ2n) is 3.92. The molecule has 0 amide bonds. The van der Waals surface area contributed by atoms with Crippen molar-refractivity contribution in [2.24, 2.45) is 0 Å². The summed E-state index contributed by atoms with van der Waals surface area (Å²) in [5.74, 6) is 1.30. The Labute approximate surface area is 96.9 Å². The molecule has 1 N–H and O–H groups in total. The molecule has 1 aliphatic carbocycles. The summed E-state index contributed by atoms with van der Waals surface area (Å²) in [6.07, 6.45) is 4.51. The third-order valence-electron chi connectivity index (χ3n) is 2.44. The predicted octanol–water partition coefficient (Wildman–Crippen LogP) is 2.32. The highest BCUT2D eigenvalue weighted by molar-refractivity contribution is 7.11. The van der Waals surface area contributed by atoms with E-state index in [4.69, 9.17) is 4.42 Å². The first-order valence-corrected chi connectivity index (χ1v) is 6.11. The summed E-state index contributed by atoms with van der Waals surface area (Å²) in [5, 5.41) is 12.0. The van der Waals surface area contributed by atoms with E-state index in [9.17, 15) is 0 Å². The van der Waals surface area contributed by atoms with E-state index >= 15 is 0 Å². The van der Waals surface area contributed by atoms with Gasteiger partial charge in [0.05, 0.1) is 11.6 Å². The van der Waals surface area contributed by atoms with Gasteiger partial charge < -0.3 is 9.73 Å². The Hall–Kier alpha value is -1.43. The molecule has 1 saturated carbocycles. The van der Waals surface area contributed by atoms with E-state index in [2.05, 4.69) is 20.5 Å². The fourth-order valence-electron chi connectivity index (χ4n) is 1.45. The normalized spacial score (nSPS) is 15.3. The number of thiazole rings is 1. The molecule has 5 nitrogen and oxygen atoms in total. The molecule has 0 aromatic carbocycles. The van der Waals surface area contributed by atoms with Crippen LogP contribution >= 0.6 is 11.3 Å². The largest absolute Gasteiger partial charge is 0.408 e. The smallest absolute Gasteiger partial charge is 0.315 e. The molecule has 0 saturated heterocycles. The first-order valence-electron chi connectivity index (χ1n) is 5.30. The van der Waals surface area contributed by atoms with Gasteiger partial charge >= 0.3 is 6.01 Å². The second-order valence-corrected chi connectivity index (χ2v) is 5.07. The standard InChI is InChI=1S/C10H12N4OS/c1-6-13-14-10(15-6)12-5-8-4-11-9(16-8)7-2-3-7/h4,7H,2-3,5H2,1H3,(H,12,14). The third kappa shape index (κ3) is 2.06. The molecule has 0 unspecified atom stereocenters. The van der Waals surface area contributed by atoms with Crippen LogP contribution in [0.2, 0.25) is 0 Å². The van der Waals surface area contributed by atoms with Gasteiger partial charge in [-0.05, 0) is 12.8 Å². The van der Waals surface area contributed by atoms with Crippen LogP contribution in [0, 0.1) is 6.92 Å². The van der Waals surface area contributed by atoms with E-state index < -0.39 is 0 Å². The average Bonchev–Trinajstić information content (AvgIpc) is 2.87. The molecule has 0 atom stereocenters. The van der Waals surface area contributed by atoms with Crippen LogP contribution in [0.3, 0.4) is 0 Å². The molecule has 3 rings (SSSR count). The van der Waals surface area contributed by atoms with Gasteiger partial charge in [0.2, 0.25) is 5.89 Å². The summed E-state index contributed by atoms with van der Waals surface area (Å²) in [5.41, 5.74) is 0. The number of hydrogen-bond donors (Lipinski definition) is 1. The van der Waals surface area contributed by atoms with Crippen LogP contribution in [0.5, 0.6) is 0 Å². The fourth-order valence-corrected chi connectivity index (χ4v) is 2.48. The SMILES string of the molecule is Cc1nnc(NCc2cnc(C3CC3)s2)o1. The van der Waals surface area contributed by atoms with Crippen molar-refractivity contribution in [3.8, 4) is 0 Å². The molecule has 0 radical (unpaired) electrons. The van der Waals surface area contributed by atoms with Crippen LogP contribution in [0.25, 0.3) is 0 Å². The van der Waals surface area contributed by atoms with Gasteiger partial charge in [0.1, 0.15) is 0 Å². The van der Waals surface area contributed by atoms with Crippen molar-refractivity contribution in [2.75, 3.05) is 5.32 Å². The Balaban J connectivity index is 1.61. The van der Waals surface area contributed by atoms with E-state index in [0.29, 0.717) is 18.5 Å². The monoisotopic (exact) mass is 236 g/mol. The van der Waals surface area contributed by atoms with E-state index in [-0.39, 0.29) is 0 Å². The zero-order valence-electron chi connectivity index (χ0n) is 8.93. The maximum atomic E-state index is 5.22. The van der Waals surface area contributed by atoms with Crippen LogP contribution in [0.4, 0.5) is 6.01 Å². The van der Waals surface area contributed by atoms with E-state index in [1.807, 2.05) is 6.20 Å². The van der Waals surface area contributed by atoms with Crippen molar-refractivity contribution in [1.82, 2.24) is 15.2 Å². The van der Waals surface area contributed by atoms with E-state index in [1.54, 1.807) is 18.3 Å². The molecule has 16 heavy (non-hydrogen) atoms. The van der Waals surface area contributed by atoms with Gasteiger partial charge in [-0.25, -0.2) is 4.98 Å². The molecule has 1 fully saturated rings. The summed E-state index contributed by atoms with van der Waals surface area (Å²) >= 11 is 1.77. The number of nitrogens with zero attached hydrogens (tertiary/aromatic N) is 3. The molecular formula is C10H12N4OS. The average molecular weight is 236 g/mol. The van der Waals surface area contributed by atoms with Gasteiger partial charge in [0.25, 0.3) is 0 Å². The lowest BCUT2D eigenvalue weighted by atomic mass is 10.5. The summed E-state index contributed by atoms with van der Waals surface area (Å²) < 4.78 is 5.22. The van der Waals surface area contributed by atoms with E-state index in [0.717, 1.165) is 5.92 Å². The van der Waals surface area contributed by atoms with Gasteiger partial charge in [-0.2, -0.15) is 0 Å². The molecule has 0 spiro atoms. The Bertz CT molecular complexity index is 488. The summed E-state index contributed by atoms with van der Waals surface area (Å²) in [4.78, 5) is 5.61. The molecule has 0 aliphatic heterocycles. The summed E-state index contributed by atoms with van der Waals surface area (Å²) in [6, 6.07) is 0.471. The molecule has 6 heteroatoms. The Kier molecular flexibility index (Phi) is 2.36. The Morgan fingerprint density at radius 1 is 1.50 bits per heavy atom. The van der Waals surface area contributed by atoms with E-state index in [1.165, 1.54) is 22.7 Å². The minimum absolute atomic E-state index is 0.471. The van der Waals surface area contributed by atoms with Gasteiger partial charge in [0.15, 0.2) is 0 Å². The van der Waals surface area contributed by atoms with Crippen molar-refractivity contribution < 1.29 is 4.42 Å². The topological polar surface area (TPSA) is 63.8 Å². The maximum absolute atomic E-state index is 5.22. The lowest BCUT2D eigenvalue weighted by Gasteiger charge is -1.96. The second kappa shape index (κ2) is 3.86. The minimum atomic E-state index is 0.471. The van der Waals surface area contributed by atoms with Crippen LogP contribution < -0.4 is 5.32 Å². The fraction of sp³-hybridized carbons (Fsp3) is 0.500. The van der Waals surface area contributed by atoms with Crippen molar-refractivity contribution in [2.45, 2.75) is 32.2 Å². The Morgan fingerprint density at radius 3 is 3.06 bits per heavy atom. The molecule has 0 bridgehead atoms. The summed E-state index contributed by atoms with van der Waals surface area (Å²) in [6.45, 7) is 2.47. The highest BCUT2D eigenvalue weighted by Gasteiger charge is 2.26. The number of hydrogen-bond acceptors (Lipinski definition) is 6. The predicted molar refractivity (Wildman–Crippen MR) is 60.5 cm³/mol. The molecule has 2 aromatic rings. The summed E-state index contributed by atoms with van der Waals surface area (Å²) in [7, 11) is 0. The van der Waals surface area contributed by atoms with Crippen LogP contribution in [0.1, 0.15) is 34.5 Å². The highest BCUT2D eigenvalue weighted by atomic mass is 32.1. The lowest BCUT2D eigenvalue weighted by molar-refractivity contribution is 0.531. The Morgan fingerprint density at radius 2 is 2.38 bits per heavy atom. The van der Waals surface area contributed by atoms with Crippen molar-refractivity contribution >= 4 is 17.4 Å². The molecule has 2 aromatic heterocycles. The maximum Gasteiger partial charge on any atom is 0.315 e. The third-order valence-corrected chi connectivity index (χ3v) is 3.60. The first-order chi connectivity index (χ1) is 7.81. The van der Waals surface area contributed by atoms with Crippen LogP contribution in [-0.4, -0.2) is 15.2 Å². The van der Waals surface area contributed by atoms with Gasteiger partial charge in [0, 0.05) is 23.9 Å². The number of aryl methyl sites for hydroxylation is 1.